The highest BCUT2D eigenvalue weighted by atomic mass is 16.5. The predicted molar refractivity (Wildman–Crippen MR) is 84.6 cm³/mol. The zero-order valence-electron chi connectivity index (χ0n) is 12.3. The Labute approximate surface area is 129 Å². The average Bonchev–Trinajstić information content (AvgIpc) is 2.54. The van der Waals surface area contributed by atoms with Crippen LogP contribution >= 0.6 is 0 Å². The van der Waals surface area contributed by atoms with Crippen LogP contribution in [0.15, 0.2) is 54.6 Å². The highest BCUT2D eigenvalue weighted by Crippen LogP contribution is 2.10. The molecule has 0 saturated carbocycles. The SMILES string of the molecule is COCC(=O)Nc1ccc(C(=O)NCc2ccccc2)cc1. The Morgan fingerprint density at radius 1 is 1.00 bits per heavy atom. The molecule has 0 heterocycles. The minimum atomic E-state index is -0.233. The second-order valence-corrected chi connectivity index (χ2v) is 4.73. The summed E-state index contributed by atoms with van der Waals surface area (Å²) in [6.07, 6.45) is 0. The van der Waals surface area contributed by atoms with Gasteiger partial charge in [-0.1, -0.05) is 30.3 Å². The molecule has 22 heavy (non-hydrogen) atoms. The first-order chi connectivity index (χ1) is 10.7. The van der Waals surface area contributed by atoms with Gasteiger partial charge in [-0.25, -0.2) is 0 Å². The maximum Gasteiger partial charge on any atom is 0.251 e. The molecule has 2 rings (SSSR count). The van der Waals surface area contributed by atoms with E-state index in [-0.39, 0.29) is 18.4 Å². The van der Waals surface area contributed by atoms with Crippen LogP contribution in [0.3, 0.4) is 0 Å². The quantitative estimate of drug-likeness (QED) is 0.859. The summed E-state index contributed by atoms with van der Waals surface area (Å²) in [5.74, 6) is -0.387. The number of carbonyl (C=O) groups is 2. The lowest BCUT2D eigenvalue weighted by atomic mass is 10.1. The molecule has 0 spiro atoms. The van der Waals surface area contributed by atoms with Crippen molar-refractivity contribution < 1.29 is 14.3 Å². The van der Waals surface area contributed by atoms with Crippen LogP contribution < -0.4 is 10.6 Å². The van der Waals surface area contributed by atoms with Gasteiger partial charge in [-0.15, -0.1) is 0 Å². The molecule has 5 heteroatoms. The van der Waals surface area contributed by atoms with Crippen molar-refractivity contribution in [3.8, 4) is 0 Å². The van der Waals surface area contributed by atoms with E-state index >= 15 is 0 Å². The smallest absolute Gasteiger partial charge is 0.251 e. The molecule has 114 valence electrons. The number of carbonyl (C=O) groups excluding carboxylic acids is 2. The summed E-state index contributed by atoms with van der Waals surface area (Å²) in [6, 6.07) is 16.4. The van der Waals surface area contributed by atoms with Gasteiger partial charge in [0.05, 0.1) is 0 Å². The summed E-state index contributed by atoms with van der Waals surface area (Å²) in [5, 5.41) is 5.52. The molecule has 0 fully saturated rings. The fraction of sp³-hybridized carbons (Fsp3) is 0.176. The average molecular weight is 298 g/mol. The third-order valence-electron chi connectivity index (χ3n) is 3.00. The molecule has 0 unspecified atom stereocenters. The molecular weight excluding hydrogens is 280 g/mol. The van der Waals surface area contributed by atoms with Crippen molar-refractivity contribution in [3.05, 3.63) is 65.7 Å². The second kappa shape index (κ2) is 7.95. The number of hydrogen-bond donors (Lipinski definition) is 2. The van der Waals surface area contributed by atoms with Crippen LogP contribution in [0.2, 0.25) is 0 Å². The van der Waals surface area contributed by atoms with Crippen molar-refractivity contribution >= 4 is 17.5 Å². The van der Waals surface area contributed by atoms with Gasteiger partial charge in [0.25, 0.3) is 5.91 Å². The molecule has 0 aromatic heterocycles. The highest BCUT2D eigenvalue weighted by Gasteiger charge is 2.06. The van der Waals surface area contributed by atoms with Gasteiger partial charge < -0.3 is 15.4 Å². The number of hydrogen-bond acceptors (Lipinski definition) is 3. The van der Waals surface area contributed by atoms with E-state index in [4.69, 9.17) is 4.74 Å². The van der Waals surface area contributed by atoms with Crippen LogP contribution in [0, 0.1) is 0 Å². The number of anilines is 1. The first kappa shape index (κ1) is 15.7. The molecule has 2 aromatic carbocycles. The Bertz CT molecular complexity index is 624. The lowest BCUT2D eigenvalue weighted by Gasteiger charge is -2.07. The van der Waals surface area contributed by atoms with Crippen LogP contribution in [0.4, 0.5) is 5.69 Å². The van der Waals surface area contributed by atoms with Gasteiger partial charge in [-0.2, -0.15) is 0 Å². The summed E-state index contributed by atoms with van der Waals surface area (Å²) in [7, 11) is 1.46. The van der Waals surface area contributed by atoms with Crippen LogP contribution in [0.1, 0.15) is 15.9 Å². The molecule has 0 radical (unpaired) electrons. The van der Waals surface area contributed by atoms with Gasteiger partial charge in [0, 0.05) is 24.9 Å². The van der Waals surface area contributed by atoms with Crippen molar-refractivity contribution in [2.45, 2.75) is 6.54 Å². The summed E-state index contributed by atoms with van der Waals surface area (Å²) >= 11 is 0. The molecule has 0 atom stereocenters. The Hall–Kier alpha value is -2.66. The molecule has 0 bridgehead atoms. The minimum Gasteiger partial charge on any atom is -0.375 e. The predicted octanol–water partition coefficient (Wildman–Crippen LogP) is 2.20. The Balaban J connectivity index is 1.89. The Kier molecular flexibility index (Phi) is 5.68. The summed E-state index contributed by atoms with van der Waals surface area (Å²) in [5.41, 5.74) is 2.21. The van der Waals surface area contributed by atoms with Crippen molar-refractivity contribution in [1.29, 1.82) is 0 Å². The van der Waals surface area contributed by atoms with Crippen LogP contribution in [-0.4, -0.2) is 25.5 Å². The number of rotatable bonds is 6. The third-order valence-corrected chi connectivity index (χ3v) is 3.00. The lowest BCUT2D eigenvalue weighted by Crippen LogP contribution is -2.22. The Morgan fingerprint density at radius 3 is 2.32 bits per heavy atom. The van der Waals surface area contributed by atoms with Crippen LogP contribution in [0.5, 0.6) is 0 Å². The Morgan fingerprint density at radius 2 is 1.68 bits per heavy atom. The summed E-state index contributed by atoms with van der Waals surface area (Å²) in [6.45, 7) is 0.477. The van der Waals surface area contributed by atoms with E-state index < -0.39 is 0 Å². The van der Waals surface area contributed by atoms with Crippen molar-refractivity contribution in [2.75, 3.05) is 19.0 Å². The molecule has 0 aliphatic heterocycles. The molecule has 2 aromatic rings. The van der Waals surface area contributed by atoms with E-state index in [1.54, 1.807) is 24.3 Å². The van der Waals surface area contributed by atoms with Crippen LogP contribution in [-0.2, 0) is 16.1 Å². The highest BCUT2D eigenvalue weighted by molar-refractivity contribution is 5.96. The van der Waals surface area contributed by atoms with Gasteiger partial charge in [0.15, 0.2) is 0 Å². The minimum absolute atomic E-state index is 0.000681. The number of amides is 2. The topological polar surface area (TPSA) is 67.4 Å². The standard InChI is InChI=1S/C17H18N2O3/c1-22-12-16(20)19-15-9-7-14(8-10-15)17(21)18-11-13-5-3-2-4-6-13/h2-10H,11-12H2,1H3,(H,18,21)(H,19,20). The van der Waals surface area contributed by atoms with Crippen molar-refractivity contribution in [3.63, 3.8) is 0 Å². The monoisotopic (exact) mass is 298 g/mol. The van der Waals surface area contributed by atoms with E-state index in [0.717, 1.165) is 5.56 Å². The molecule has 0 aliphatic carbocycles. The van der Waals surface area contributed by atoms with Gasteiger partial charge in [0.1, 0.15) is 6.61 Å². The zero-order chi connectivity index (χ0) is 15.8. The first-order valence-corrected chi connectivity index (χ1v) is 6.90. The number of ether oxygens (including phenoxy) is 1. The third kappa shape index (κ3) is 4.71. The molecule has 2 amide bonds. The van der Waals surface area contributed by atoms with E-state index in [1.807, 2.05) is 30.3 Å². The second-order valence-electron chi connectivity index (χ2n) is 4.73. The first-order valence-electron chi connectivity index (χ1n) is 6.90. The zero-order valence-corrected chi connectivity index (χ0v) is 12.3. The molecule has 5 nitrogen and oxygen atoms in total. The van der Waals surface area contributed by atoms with E-state index in [2.05, 4.69) is 10.6 Å². The van der Waals surface area contributed by atoms with Gasteiger partial charge in [0.2, 0.25) is 5.91 Å². The van der Waals surface area contributed by atoms with Gasteiger partial charge in [-0.3, -0.25) is 9.59 Å². The summed E-state index contributed by atoms with van der Waals surface area (Å²) < 4.78 is 4.74. The largest absolute Gasteiger partial charge is 0.375 e. The molecule has 2 N–H and O–H groups in total. The fourth-order valence-electron chi connectivity index (χ4n) is 1.91. The number of nitrogens with one attached hydrogen (secondary N) is 2. The maximum atomic E-state index is 12.0. The van der Waals surface area contributed by atoms with Crippen molar-refractivity contribution in [2.24, 2.45) is 0 Å². The van der Waals surface area contributed by atoms with E-state index in [9.17, 15) is 9.59 Å². The normalized spacial score (nSPS) is 10.0. The van der Waals surface area contributed by atoms with Gasteiger partial charge in [-0.05, 0) is 29.8 Å². The van der Waals surface area contributed by atoms with Gasteiger partial charge >= 0.3 is 0 Å². The van der Waals surface area contributed by atoms with E-state index in [0.29, 0.717) is 17.8 Å². The fourth-order valence-corrected chi connectivity index (χ4v) is 1.91. The molecule has 0 saturated heterocycles. The molecular formula is C17H18N2O3. The molecule has 0 aliphatic rings. The number of benzene rings is 2. The number of methoxy groups -OCH3 is 1. The lowest BCUT2D eigenvalue weighted by molar-refractivity contribution is -0.119. The van der Waals surface area contributed by atoms with E-state index in [1.165, 1.54) is 7.11 Å². The maximum absolute atomic E-state index is 12.0. The summed E-state index contributed by atoms with van der Waals surface area (Å²) in [4.78, 5) is 23.4. The van der Waals surface area contributed by atoms with Crippen molar-refractivity contribution in [1.82, 2.24) is 5.32 Å². The van der Waals surface area contributed by atoms with Crippen LogP contribution in [0.25, 0.3) is 0 Å².